The van der Waals surface area contributed by atoms with Crippen molar-refractivity contribution >= 4 is 33.8 Å². The average molecular weight is 461 g/mol. The molecule has 1 N–H and O–H groups in total. The van der Waals surface area contributed by atoms with Crippen LogP contribution in [0.3, 0.4) is 0 Å². The van der Waals surface area contributed by atoms with Crippen LogP contribution in [-0.4, -0.2) is 59.2 Å². The van der Waals surface area contributed by atoms with Gasteiger partial charge < -0.3 is 28.8 Å². The predicted octanol–water partition coefficient (Wildman–Crippen LogP) is 1.05. The zero-order valence-corrected chi connectivity index (χ0v) is 17.1. The molecule has 1 aromatic rings. The average Bonchev–Trinajstić information content (AvgIpc) is 2.66. The van der Waals surface area contributed by atoms with Crippen LogP contribution in [0.25, 0.3) is 0 Å². The zero-order chi connectivity index (χ0) is 20.9. The van der Waals surface area contributed by atoms with Gasteiger partial charge in [-0.3, -0.25) is 9.59 Å². The largest absolute Gasteiger partial charge is 0.465 e. The van der Waals surface area contributed by atoms with E-state index in [1.807, 2.05) is 6.07 Å². The number of alkyl halides is 1. The van der Waals surface area contributed by atoms with E-state index in [1.54, 1.807) is 24.3 Å². The summed E-state index contributed by atoms with van der Waals surface area (Å²) in [6.07, 6.45) is -3.97. The molecule has 10 heteroatoms. The quantitative estimate of drug-likeness (QED) is 0.377. The SMILES string of the molecule is COC(=O)[C@@]1(O)O[C@@H](OCc2ccccc2)[C@H](OC(C)=O)[C@@H](OC(C)=O)[C@H]1Br. The van der Waals surface area contributed by atoms with E-state index in [4.69, 9.17) is 18.9 Å². The number of hydrogen-bond donors (Lipinski definition) is 1. The van der Waals surface area contributed by atoms with Crippen LogP contribution in [0, 0.1) is 0 Å². The number of hydrogen-bond acceptors (Lipinski definition) is 9. The van der Waals surface area contributed by atoms with E-state index >= 15 is 0 Å². The van der Waals surface area contributed by atoms with Crippen molar-refractivity contribution in [3.8, 4) is 0 Å². The fourth-order valence-corrected chi connectivity index (χ4v) is 3.38. The van der Waals surface area contributed by atoms with Crippen molar-refractivity contribution in [2.24, 2.45) is 0 Å². The number of carbonyl (C=O) groups excluding carboxylic acids is 3. The maximum absolute atomic E-state index is 12.1. The summed E-state index contributed by atoms with van der Waals surface area (Å²) in [6, 6.07) is 8.99. The van der Waals surface area contributed by atoms with E-state index in [1.165, 1.54) is 0 Å². The Labute approximate surface area is 170 Å². The van der Waals surface area contributed by atoms with Crippen molar-refractivity contribution in [3.05, 3.63) is 35.9 Å². The normalized spacial score (nSPS) is 29.6. The van der Waals surface area contributed by atoms with Crippen molar-refractivity contribution in [3.63, 3.8) is 0 Å². The molecule has 0 saturated carbocycles. The monoisotopic (exact) mass is 460 g/mol. The highest BCUT2D eigenvalue weighted by Crippen LogP contribution is 2.38. The molecule has 28 heavy (non-hydrogen) atoms. The van der Waals surface area contributed by atoms with Gasteiger partial charge in [0.25, 0.3) is 5.79 Å². The van der Waals surface area contributed by atoms with Gasteiger partial charge in [-0.2, -0.15) is 0 Å². The van der Waals surface area contributed by atoms with Crippen LogP contribution in [0.4, 0.5) is 0 Å². The molecule has 0 unspecified atom stereocenters. The van der Waals surface area contributed by atoms with Gasteiger partial charge in [0, 0.05) is 13.8 Å². The number of carbonyl (C=O) groups is 3. The number of rotatable bonds is 6. The van der Waals surface area contributed by atoms with Crippen molar-refractivity contribution in [1.82, 2.24) is 0 Å². The molecule has 1 aliphatic rings. The van der Waals surface area contributed by atoms with Crippen LogP contribution in [0.1, 0.15) is 19.4 Å². The van der Waals surface area contributed by atoms with Gasteiger partial charge in [-0.05, 0) is 5.56 Å². The zero-order valence-electron chi connectivity index (χ0n) is 15.5. The Balaban J connectivity index is 2.36. The Bertz CT molecular complexity index is 710. The van der Waals surface area contributed by atoms with Crippen molar-refractivity contribution in [2.45, 2.75) is 49.6 Å². The molecule has 0 amide bonds. The summed E-state index contributed by atoms with van der Waals surface area (Å²) in [5, 5.41) is 10.8. The summed E-state index contributed by atoms with van der Waals surface area (Å²) in [5.41, 5.74) is 0.763. The summed E-state index contributed by atoms with van der Waals surface area (Å²) in [7, 11) is 1.06. The first-order chi connectivity index (χ1) is 13.2. The van der Waals surface area contributed by atoms with E-state index < -0.39 is 47.0 Å². The van der Waals surface area contributed by atoms with E-state index in [9.17, 15) is 19.5 Å². The molecule has 5 atom stereocenters. The standard InChI is InChI=1S/C18H21BrO9/c1-10(20)26-13-14(27-11(2)21)16(25-9-12-7-5-4-6-8-12)28-18(23,15(13)19)17(22)24-3/h4-8,13-16,23H,9H2,1-3H3/t13-,14-,15-,16-,18+/m1/s1. The summed E-state index contributed by atoms with van der Waals surface area (Å²) in [5.74, 6) is -5.10. The smallest absolute Gasteiger partial charge is 0.367 e. The lowest BCUT2D eigenvalue weighted by Crippen LogP contribution is -2.67. The Kier molecular flexibility index (Phi) is 7.53. The molecule has 1 aromatic carbocycles. The molecule has 0 spiro atoms. The van der Waals surface area contributed by atoms with Crippen molar-refractivity contribution in [2.75, 3.05) is 7.11 Å². The van der Waals surface area contributed by atoms with Gasteiger partial charge in [0.1, 0.15) is 4.83 Å². The van der Waals surface area contributed by atoms with Crippen LogP contribution in [0.15, 0.2) is 30.3 Å². The van der Waals surface area contributed by atoms with E-state index in [0.29, 0.717) is 0 Å². The molecular weight excluding hydrogens is 440 g/mol. The Hall–Kier alpha value is -2.01. The van der Waals surface area contributed by atoms with E-state index in [0.717, 1.165) is 26.5 Å². The molecule has 1 aliphatic heterocycles. The van der Waals surface area contributed by atoms with Gasteiger partial charge in [-0.15, -0.1) is 0 Å². The minimum atomic E-state index is -2.55. The first-order valence-corrected chi connectivity index (χ1v) is 9.23. The molecular formula is C18H21BrO9. The number of halogens is 1. The second-order valence-corrected chi connectivity index (χ2v) is 7.01. The lowest BCUT2D eigenvalue weighted by molar-refractivity contribution is -0.348. The van der Waals surface area contributed by atoms with E-state index in [2.05, 4.69) is 20.7 Å². The fourth-order valence-electron chi connectivity index (χ4n) is 2.67. The van der Waals surface area contributed by atoms with Gasteiger partial charge >= 0.3 is 17.9 Å². The molecule has 2 rings (SSSR count). The van der Waals surface area contributed by atoms with Crippen LogP contribution in [0.5, 0.6) is 0 Å². The minimum Gasteiger partial charge on any atom is -0.465 e. The highest BCUT2D eigenvalue weighted by molar-refractivity contribution is 9.09. The molecule has 0 radical (unpaired) electrons. The molecule has 9 nitrogen and oxygen atoms in total. The molecule has 0 aliphatic carbocycles. The van der Waals surface area contributed by atoms with Gasteiger partial charge in [0.2, 0.25) is 6.29 Å². The van der Waals surface area contributed by atoms with Crippen molar-refractivity contribution < 1.29 is 43.2 Å². The van der Waals surface area contributed by atoms with Crippen LogP contribution < -0.4 is 0 Å². The third-order valence-electron chi connectivity index (χ3n) is 3.89. The fraction of sp³-hybridized carbons (Fsp3) is 0.500. The van der Waals surface area contributed by atoms with Gasteiger partial charge in [0.15, 0.2) is 12.2 Å². The number of methoxy groups -OCH3 is 1. The Morgan fingerprint density at radius 2 is 1.68 bits per heavy atom. The summed E-state index contributed by atoms with van der Waals surface area (Å²) in [4.78, 5) is 34.0. The van der Waals surface area contributed by atoms with Gasteiger partial charge in [0.05, 0.1) is 13.7 Å². The topological polar surface area (TPSA) is 118 Å². The number of esters is 3. The van der Waals surface area contributed by atoms with E-state index in [-0.39, 0.29) is 6.61 Å². The molecule has 0 bridgehead atoms. The minimum absolute atomic E-state index is 0.0142. The first kappa shape index (κ1) is 22.3. The van der Waals surface area contributed by atoms with Gasteiger partial charge in [-0.25, -0.2) is 4.79 Å². The summed E-state index contributed by atoms with van der Waals surface area (Å²) in [6.45, 7) is 2.31. The number of aliphatic hydroxyl groups is 1. The Morgan fingerprint density at radius 3 is 2.21 bits per heavy atom. The third kappa shape index (κ3) is 5.07. The number of ether oxygens (including phenoxy) is 5. The van der Waals surface area contributed by atoms with Crippen LogP contribution in [-0.2, 0) is 44.7 Å². The number of benzene rings is 1. The first-order valence-electron chi connectivity index (χ1n) is 8.31. The summed E-state index contributed by atoms with van der Waals surface area (Å²) < 4.78 is 26.1. The van der Waals surface area contributed by atoms with Crippen LogP contribution >= 0.6 is 15.9 Å². The molecule has 1 saturated heterocycles. The van der Waals surface area contributed by atoms with Gasteiger partial charge in [-0.1, -0.05) is 46.3 Å². The lowest BCUT2D eigenvalue weighted by Gasteiger charge is -2.45. The van der Waals surface area contributed by atoms with Crippen molar-refractivity contribution in [1.29, 1.82) is 0 Å². The Morgan fingerprint density at radius 1 is 1.11 bits per heavy atom. The predicted molar refractivity (Wildman–Crippen MR) is 96.9 cm³/mol. The molecule has 1 heterocycles. The maximum atomic E-state index is 12.1. The highest BCUT2D eigenvalue weighted by atomic mass is 79.9. The second-order valence-electron chi connectivity index (χ2n) is 6.02. The molecule has 154 valence electrons. The molecule has 0 aromatic heterocycles. The molecule has 1 fully saturated rings. The lowest BCUT2D eigenvalue weighted by atomic mass is 9.98. The summed E-state index contributed by atoms with van der Waals surface area (Å²) >= 11 is 3.10. The highest BCUT2D eigenvalue weighted by Gasteiger charge is 2.61. The maximum Gasteiger partial charge on any atom is 0.367 e. The third-order valence-corrected chi connectivity index (χ3v) is 5.03. The van der Waals surface area contributed by atoms with Crippen LogP contribution in [0.2, 0.25) is 0 Å². The second kappa shape index (κ2) is 9.46.